The van der Waals surface area contributed by atoms with Crippen LogP contribution < -0.4 is 0 Å². The van der Waals surface area contributed by atoms with Crippen LogP contribution in [0.5, 0.6) is 0 Å². The first-order valence-corrected chi connectivity index (χ1v) is 4.63. The highest BCUT2D eigenvalue weighted by Crippen LogP contribution is 2.45. The second-order valence-corrected chi connectivity index (χ2v) is 3.95. The van der Waals surface area contributed by atoms with E-state index in [0.717, 1.165) is 11.8 Å². The Kier molecular flexibility index (Phi) is 1.71. The van der Waals surface area contributed by atoms with Gasteiger partial charge in [0.05, 0.1) is 0 Å². The van der Waals surface area contributed by atoms with E-state index in [1.54, 1.807) is 0 Å². The lowest BCUT2D eigenvalue weighted by Crippen LogP contribution is -2.17. The van der Waals surface area contributed by atoms with Crippen molar-refractivity contribution in [3.05, 3.63) is 6.92 Å². The molecule has 0 heterocycles. The maximum absolute atomic E-state index is 5.99. The molecule has 2 aliphatic rings. The standard InChI is InChI=1S/C10H16/c1-8-6-7-9-4-2-3-5-10(8)9/h1,8-10H,2-7H2. The topological polar surface area (TPSA) is 0 Å². The summed E-state index contributed by atoms with van der Waals surface area (Å²) >= 11 is 0. The quantitative estimate of drug-likeness (QED) is 0.480. The van der Waals surface area contributed by atoms with Crippen molar-refractivity contribution in [1.29, 1.82) is 0 Å². The van der Waals surface area contributed by atoms with Gasteiger partial charge in [0.1, 0.15) is 0 Å². The van der Waals surface area contributed by atoms with E-state index < -0.39 is 0 Å². The third-order valence-corrected chi connectivity index (χ3v) is 3.39. The lowest BCUT2D eigenvalue weighted by atomic mass is 9.79. The van der Waals surface area contributed by atoms with Gasteiger partial charge in [0.15, 0.2) is 0 Å². The Morgan fingerprint density at radius 3 is 2.50 bits per heavy atom. The number of hydrogen-bond acceptors (Lipinski definition) is 0. The highest BCUT2D eigenvalue weighted by atomic mass is 14.4. The molecule has 3 unspecified atom stereocenters. The van der Waals surface area contributed by atoms with Gasteiger partial charge in [0.2, 0.25) is 0 Å². The third kappa shape index (κ3) is 0.980. The van der Waals surface area contributed by atoms with Gasteiger partial charge < -0.3 is 0 Å². The van der Waals surface area contributed by atoms with Crippen molar-refractivity contribution >= 4 is 0 Å². The summed E-state index contributed by atoms with van der Waals surface area (Å²) in [6, 6.07) is 0. The van der Waals surface area contributed by atoms with Crippen molar-refractivity contribution < 1.29 is 0 Å². The summed E-state index contributed by atoms with van der Waals surface area (Å²) in [7, 11) is 0. The third-order valence-electron chi connectivity index (χ3n) is 3.39. The van der Waals surface area contributed by atoms with Gasteiger partial charge >= 0.3 is 0 Å². The highest BCUT2D eigenvalue weighted by molar-refractivity contribution is 4.88. The van der Waals surface area contributed by atoms with E-state index in [9.17, 15) is 0 Å². The summed E-state index contributed by atoms with van der Waals surface area (Å²) in [6.07, 6.45) is 8.52. The predicted molar refractivity (Wildman–Crippen MR) is 42.5 cm³/mol. The van der Waals surface area contributed by atoms with Crippen LogP contribution in [-0.2, 0) is 0 Å². The van der Waals surface area contributed by atoms with Crippen molar-refractivity contribution in [3.8, 4) is 0 Å². The molecule has 10 heavy (non-hydrogen) atoms. The molecule has 2 aliphatic carbocycles. The lowest BCUT2D eigenvalue weighted by molar-refractivity contribution is 0.249. The molecule has 0 nitrogen and oxygen atoms in total. The summed E-state index contributed by atoms with van der Waals surface area (Å²) in [5, 5.41) is 0. The van der Waals surface area contributed by atoms with Gasteiger partial charge in [0, 0.05) is 0 Å². The average Bonchev–Trinajstić information content (AvgIpc) is 2.34. The maximum atomic E-state index is 5.99. The minimum Gasteiger partial charge on any atom is -0.0530 e. The number of hydrogen-bond donors (Lipinski definition) is 0. The Morgan fingerprint density at radius 2 is 1.70 bits per heavy atom. The molecule has 0 aromatic heterocycles. The van der Waals surface area contributed by atoms with Crippen LogP contribution in [0, 0.1) is 24.7 Å². The summed E-state index contributed by atoms with van der Waals surface area (Å²) in [5.74, 6) is 2.49. The molecule has 2 saturated carbocycles. The molecule has 0 spiro atoms. The monoisotopic (exact) mass is 136 g/mol. The van der Waals surface area contributed by atoms with Crippen molar-refractivity contribution in [1.82, 2.24) is 0 Å². The Bertz CT molecular complexity index is 115. The minimum absolute atomic E-state index is 0.560. The molecule has 2 radical (unpaired) electrons. The molecule has 2 rings (SSSR count). The number of fused-ring (bicyclic) bond motifs is 1. The first-order valence-electron chi connectivity index (χ1n) is 4.63. The zero-order valence-corrected chi connectivity index (χ0v) is 6.55. The van der Waals surface area contributed by atoms with E-state index in [0.29, 0.717) is 5.92 Å². The van der Waals surface area contributed by atoms with Crippen LogP contribution in [0.25, 0.3) is 0 Å². The predicted octanol–water partition coefficient (Wildman–Crippen LogP) is 2.91. The van der Waals surface area contributed by atoms with Crippen molar-refractivity contribution in [3.63, 3.8) is 0 Å². The van der Waals surface area contributed by atoms with Gasteiger partial charge in [0.25, 0.3) is 0 Å². The smallest absolute Gasteiger partial charge is 0.0315 e. The zero-order chi connectivity index (χ0) is 6.97. The van der Waals surface area contributed by atoms with Crippen molar-refractivity contribution in [2.75, 3.05) is 0 Å². The van der Waals surface area contributed by atoms with Gasteiger partial charge in [-0.05, 0) is 43.9 Å². The normalized spacial score (nSPS) is 47.1. The van der Waals surface area contributed by atoms with Crippen LogP contribution in [0.1, 0.15) is 38.5 Å². The Labute approximate surface area is 64.0 Å². The van der Waals surface area contributed by atoms with Gasteiger partial charge in [-0.1, -0.05) is 19.3 Å². The van der Waals surface area contributed by atoms with Crippen molar-refractivity contribution in [2.45, 2.75) is 38.5 Å². The molecule has 3 atom stereocenters. The van der Waals surface area contributed by atoms with E-state index >= 15 is 0 Å². The summed E-state index contributed by atoms with van der Waals surface area (Å²) in [6.45, 7) is 5.99. The van der Waals surface area contributed by atoms with Crippen molar-refractivity contribution in [2.24, 2.45) is 17.8 Å². The van der Waals surface area contributed by atoms with E-state index in [4.69, 9.17) is 6.92 Å². The number of rotatable bonds is 0. The minimum atomic E-state index is 0.560. The van der Waals surface area contributed by atoms with Crippen LogP contribution >= 0.6 is 0 Å². The fourth-order valence-corrected chi connectivity index (χ4v) is 2.78. The van der Waals surface area contributed by atoms with Crippen LogP contribution in [0.3, 0.4) is 0 Å². The molecular weight excluding hydrogens is 120 g/mol. The van der Waals surface area contributed by atoms with E-state index in [1.165, 1.54) is 38.5 Å². The second kappa shape index (κ2) is 2.56. The highest BCUT2D eigenvalue weighted by Gasteiger charge is 2.34. The lowest BCUT2D eigenvalue weighted by Gasteiger charge is -2.27. The average molecular weight is 136 g/mol. The Morgan fingerprint density at radius 1 is 0.900 bits per heavy atom. The molecule has 2 fully saturated rings. The first-order chi connectivity index (χ1) is 4.88. The molecule has 0 bridgehead atoms. The van der Waals surface area contributed by atoms with E-state index in [2.05, 4.69) is 0 Å². The molecule has 0 aliphatic heterocycles. The van der Waals surface area contributed by atoms with Gasteiger partial charge in [-0.15, -0.1) is 0 Å². The largest absolute Gasteiger partial charge is 0.0530 e. The van der Waals surface area contributed by atoms with Crippen LogP contribution in [0.15, 0.2) is 0 Å². The fourth-order valence-electron chi connectivity index (χ4n) is 2.78. The van der Waals surface area contributed by atoms with E-state index in [-0.39, 0.29) is 0 Å². The van der Waals surface area contributed by atoms with Gasteiger partial charge in [-0.25, -0.2) is 0 Å². The molecule has 56 valence electrons. The second-order valence-electron chi connectivity index (χ2n) is 3.95. The van der Waals surface area contributed by atoms with Crippen LogP contribution in [-0.4, -0.2) is 0 Å². The van der Waals surface area contributed by atoms with E-state index in [1.807, 2.05) is 0 Å². The Hall–Kier alpha value is 0. The fraction of sp³-hybridized carbons (Fsp3) is 0.900. The molecule has 0 aromatic rings. The van der Waals surface area contributed by atoms with Gasteiger partial charge in [-0.2, -0.15) is 0 Å². The zero-order valence-electron chi connectivity index (χ0n) is 6.55. The maximum Gasteiger partial charge on any atom is -0.0315 e. The summed E-state index contributed by atoms with van der Waals surface area (Å²) in [5.41, 5.74) is 0. The summed E-state index contributed by atoms with van der Waals surface area (Å²) < 4.78 is 0. The molecule has 0 aromatic carbocycles. The molecule has 0 saturated heterocycles. The van der Waals surface area contributed by atoms with Crippen LogP contribution in [0.4, 0.5) is 0 Å². The Balaban J connectivity index is 2.01. The first kappa shape index (κ1) is 6.69. The van der Waals surface area contributed by atoms with Gasteiger partial charge in [-0.3, -0.25) is 0 Å². The van der Waals surface area contributed by atoms with Crippen LogP contribution in [0.2, 0.25) is 0 Å². The molecule has 0 amide bonds. The molecular formula is C10H16. The SMILES string of the molecule is [CH]C1CCC2CCCCC12. The molecule has 0 heteroatoms. The molecule has 0 N–H and O–H groups in total. The summed E-state index contributed by atoms with van der Waals surface area (Å²) in [4.78, 5) is 0.